The van der Waals surface area contributed by atoms with E-state index in [1.54, 1.807) is 18.2 Å². The van der Waals surface area contributed by atoms with Crippen molar-refractivity contribution >= 4 is 63.4 Å². The van der Waals surface area contributed by atoms with E-state index in [9.17, 15) is 14.9 Å². The number of hydrogen-bond donors (Lipinski definition) is 0. The third-order valence-electron chi connectivity index (χ3n) is 4.78. The van der Waals surface area contributed by atoms with Crippen molar-refractivity contribution in [1.29, 1.82) is 0 Å². The van der Waals surface area contributed by atoms with Gasteiger partial charge in [0, 0.05) is 11.0 Å². The Morgan fingerprint density at radius 3 is 2.47 bits per heavy atom. The first-order valence-electron chi connectivity index (χ1n) is 9.69. The number of aryl methyl sites for hydroxylation is 2. The van der Waals surface area contributed by atoms with Crippen LogP contribution in [-0.2, 0) is 4.79 Å². The smallest absolute Gasteiger partial charge is 0.268 e. The normalized spacial score (nSPS) is 14.9. The lowest BCUT2D eigenvalue weighted by atomic mass is 10.1. The number of thioether (sulfide) groups is 1. The van der Waals surface area contributed by atoms with E-state index in [0.717, 1.165) is 16.0 Å². The second-order valence-electron chi connectivity index (χ2n) is 7.26. The van der Waals surface area contributed by atoms with Crippen LogP contribution in [0.3, 0.4) is 0 Å². The number of hydrogen-bond acceptors (Lipinski definition) is 6. The minimum absolute atomic E-state index is 0.00140. The van der Waals surface area contributed by atoms with E-state index in [2.05, 4.69) is 0 Å². The van der Waals surface area contributed by atoms with Gasteiger partial charge >= 0.3 is 0 Å². The third-order valence-corrected chi connectivity index (χ3v) is 7.15. The van der Waals surface area contributed by atoms with E-state index in [1.807, 2.05) is 62.4 Å². The molecule has 0 aromatic heterocycles. The molecule has 3 aromatic rings. The SMILES string of the molecule is Cc1ccc(Sc2ccc(C=C3SC(=S)N(c4cccc(C)c4)C3=O)cc2[N+](=O)[O-])cc1. The first kappa shape index (κ1) is 22.3. The van der Waals surface area contributed by atoms with Crippen molar-refractivity contribution in [2.45, 2.75) is 23.6 Å². The summed E-state index contributed by atoms with van der Waals surface area (Å²) in [6.45, 7) is 3.94. The number of rotatable bonds is 5. The highest BCUT2D eigenvalue weighted by molar-refractivity contribution is 8.27. The van der Waals surface area contributed by atoms with E-state index in [1.165, 1.54) is 34.5 Å². The van der Waals surface area contributed by atoms with Gasteiger partial charge in [0.05, 0.1) is 20.4 Å². The Kier molecular flexibility index (Phi) is 6.45. The molecule has 1 heterocycles. The summed E-state index contributed by atoms with van der Waals surface area (Å²) >= 11 is 7.95. The van der Waals surface area contributed by atoms with Gasteiger partial charge in [0.25, 0.3) is 11.6 Å². The van der Waals surface area contributed by atoms with E-state index < -0.39 is 4.92 Å². The number of nitro benzene ring substituents is 1. The molecule has 0 N–H and O–H groups in total. The Balaban J connectivity index is 1.63. The molecule has 0 aliphatic carbocycles. The van der Waals surface area contributed by atoms with Gasteiger partial charge < -0.3 is 0 Å². The predicted molar refractivity (Wildman–Crippen MR) is 135 cm³/mol. The zero-order valence-electron chi connectivity index (χ0n) is 17.3. The van der Waals surface area contributed by atoms with Crippen LogP contribution in [0.5, 0.6) is 0 Å². The van der Waals surface area contributed by atoms with Crippen molar-refractivity contribution in [3.05, 3.63) is 98.4 Å². The lowest BCUT2D eigenvalue weighted by Gasteiger charge is -2.14. The van der Waals surface area contributed by atoms with Crippen LogP contribution in [0, 0.1) is 24.0 Å². The highest BCUT2D eigenvalue weighted by Gasteiger charge is 2.33. The van der Waals surface area contributed by atoms with Crippen molar-refractivity contribution in [3.63, 3.8) is 0 Å². The van der Waals surface area contributed by atoms with E-state index in [0.29, 0.717) is 25.4 Å². The van der Waals surface area contributed by atoms with Crippen molar-refractivity contribution in [2.75, 3.05) is 4.90 Å². The number of benzene rings is 3. The first-order chi connectivity index (χ1) is 15.3. The van der Waals surface area contributed by atoms with Gasteiger partial charge in [-0.05, 0) is 61.4 Å². The molecule has 1 fully saturated rings. The maximum atomic E-state index is 13.0. The van der Waals surface area contributed by atoms with Crippen molar-refractivity contribution in [1.82, 2.24) is 0 Å². The first-order valence-corrected chi connectivity index (χ1v) is 11.7. The van der Waals surface area contributed by atoms with E-state index in [4.69, 9.17) is 12.2 Å². The summed E-state index contributed by atoms with van der Waals surface area (Å²) in [4.78, 5) is 27.7. The summed E-state index contributed by atoms with van der Waals surface area (Å²) in [5.74, 6) is -0.230. The molecule has 1 amide bonds. The van der Waals surface area contributed by atoms with Gasteiger partial charge in [-0.15, -0.1) is 0 Å². The second-order valence-corrected chi connectivity index (χ2v) is 10.0. The molecule has 4 rings (SSSR count). The van der Waals surface area contributed by atoms with E-state index >= 15 is 0 Å². The number of carbonyl (C=O) groups is 1. The number of anilines is 1. The molecule has 3 aromatic carbocycles. The van der Waals surface area contributed by atoms with Crippen LogP contribution in [0.2, 0.25) is 0 Å². The summed E-state index contributed by atoms with van der Waals surface area (Å²) < 4.78 is 0.438. The molecule has 0 radical (unpaired) electrons. The monoisotopic (exact) mass is 478 g/mol. The van der Waals surface area contributed by atoms with Gasteiger partial charge in [-0.3, -0.25) is 19.8 Å². The number of nitrogens with zero attached hydrogens (tertiary/aromatic N) is 2. The molecule has 0 atom stereocenters. The number of nitro groups is 1. The highest BCUT2D eigenvalue weighted by Crippen LogP contribution is 2.39. The van der Waals surface area contributed by atoms with Crippen LogP contribution in [0.15, 0.2) is 81.4 Å². The predicted octanol–water partition coefficient (Wildman–Crippen LogP) is 6.77. The standard InChI is InChI=1S/C24H18N2O3S3/c1-15-6-9-19(10-7-15)31-21-11-8-17(13-20(21)26(28)29)14-22-23(27)25(24(30)32-22)18-5-3-4-16(2)12-18/h3-14H,1-2H3. The molecule has 32 heavy (non-hydrogen) atoms. The third kappa shape index (κ3) is 4.77. The molecule has 8 heteroatoms. The van der Waals surface area contributed by atoms with Crippen molar-refractivity contribution in [3.8, 4) is 0 Å². The number of amides is 1. The minimum Gasteiger partial charge on any atom is -0.268 e. The topological polar surface area (TPSA) is 63.5 Å². The molecular formula is C24H18N2O3S3. The Hall–Kier alpha value is -2.94. The molecule has 160 valence electrons. The maximum absolute atomic E-state index is 13.0. The summed E-state index contributed by atoms with van der Waals surface area (Å²) in [6.07, 6.45) is 1.66. The Morgan fingerprint density at radius 2 is 1.78 bits per heavy atom. The summed E-state index contributed by atoms with van der Waals surface area (Å²) in [7, 11) is 0. The molecule has 1 saturated heterocycles. The number of thiocarbonyl (C=S) groups is 1. The summed E-state index contributed by atoms with van der Waals surface area (Å²) in [5.41, 5.74) is 3.44. The van der Waals surface area contributed by atoms with Gasteiger partial charge in [-0.1, -0.05) is 71.6 Å². The zero-order valence-corrected chi connectivity index (χ0v) is 19.7. The fourth-order valence-electron chi connectivity index (χ4n) is 3.20. The van der Waals surface area contributed by atoms with Crippen molar-refractivity contribution in [2.24, 2.45) is 0 Å². The Labute approximate surface area is 199 Å². The van der Waals surface area contributed by atoms with Crippen LogP contribution < -0.4 is 4.90 Å². The van der Waals surface area contributed by atoms with Crippen LogP contribution >= 0.6 is 35.7 Å². The maximum Gasteiger partial charge on any atom is 0.283 e. The van der Waals surface area contributed by atoms with Crippen LogP contribution in [0.25, 0.3) is 6.08 Å². The van der Waals surface area contributed by atoms with Crippen LogP contribution in [-0.4, -0.2) is 15.2 Å². The summed E-state index contributed by atoms with van der Waals surface area (Å²) in [5, 5.41) is 11.7. The molecule has 0 bridgehead atoms. The van der Waals surface area contributed by atoms with Gasteiger partial charge in [-0.25, -0.2) is 0 Å². The average molecular weight is 479 g/mol. The largest absolute Gasteiger partial charge is 0.283 e. The van der Waals surface area contributed by atoms with Gasteiger partial charge in [0.15, 0.2) is 4.32 Å². The quantitative estimate of drug-likeness (QED) is 0.175. The second kappa shape index (κ2) is 9.28. The minimum atomic E-state index is -0.397. The molecule has 1 aliphatic rings. The molecular weight excluding hydrogens is 460 g/mol. The zero-order chi connectivity index (χ0) is 22.8. The fourth-order valence-corrected chi connectivity index (χ4v) is 5.39. The fraction of sp³-hybridized carbons (Fsp3) is 0.0833. The Bertz CT molecular complexity index is 1270. The lowest BCUT2D eigenvalue weighted by Crippen LogP contribution is -2.27. The molecule has 0 saturated carbocycles. The highest BCUT2D eigenvalue weighted by atomic mass is 32.2. The van der Waals surface area contributed by atoms with E-state index in [-0.39, 0.29) is 11.6 Å². The molecule has 0 unspecified atom stereocenters. The van der Waals surface area contributed by atoms with Crippen LogP contribution in [0.4, 0.5) is 11.4 Å². The van der Waals surface area contributed by atoms with Gasteiger partial charge in [0.1, 0.15) is 0 Å². The molecule has 1 aliphatic heterocycles. The average Bonchev–Trinajstić information content (AvgIpc) is 3.03. The van der Waals surface area contributed by atoms with Crippen molar-refractivity contribution < 1.29 is 9.72 Å². The molecule has 0 spiro atoms. The summed E-state index contributed by atoms with van der Waals surface area (Å²) in [6, 6.07) is 20.4. The number of carbonyl (C=O) groups excluding carboxylic acids is 1. The van der Waals surface area contributed by atoms with Gasteiger partial charge in [0.2, 0.25) is 0 Å². The van der Waals surface area contributed by atoms with Crippen LogP contribution in [0.1, 0.15) is 16.7 Å². The Morgan fingerprint density at radius 1 is 1.03 bits per heavy atom. The molecule has 5 nitrogen and oxygen atoms in total. The lowest BCUT2D eigenvalue weighted by molar-refractivity contribution is -0.387. The van der Waals surface area contributed by atoms with Gasteiger partial charge in [-0.2, -0.15) is 0 Å².